The maximum atomic E-state index is 5.26. The number of aromatic nitrogens is 1. The number of fused-ring (bicyclic) bond motifs is 1. The van der Waals surface area contributed by atoms with Crippen molar-refractivity contribution < 1.29 is 4.74 Å². The number of methoxy groups -OCH3 is 1. The van der Waals surface area contributed by atoms with Gasteiger partial charge >= 0.3 is 0 Å². The summed E-state index contributed by atoms with van der Waals surface area (Å²) in [7, 11) is 1.68. The minimum Gasteiger partial charge on any atom is -0.496 e. The highest BCUT2D eigenvalue weighted by Gasteiger charge is 2.04. The molecule has 0 unspecified atom stereocenters. The van der Waals surface area contributed by atoms with Gasteiger partial charge in [0.1, 0.15) is 5.75 Å². The fraction of sp³-hybridized carbons (Fsp3) is 0.182. The first-order valence-electron chi connectivity index (χ1n) is 4.31. The maximum Gasteiger partial charge on any atom is 0.122 e. The van der Waals surface area contributed by atoms with Gasteiger partial charge in [0, 0.05) is 16.1 Å². The summed E-state index contributed by atoms with van der Waals surface area (Å²) >= 11 is 3.49. The molecule has 1 heterocycles. The van der Waals surface area contributed by atoms with E-state index < -0.39 is 0 Å². The molecule has 0 N–H and O–H groups in total. The number of pyridine rings is 1. The normalized spacial score (nSPS) is 10.5. The van der Waals surface area contributed by atoms with Crippen LogP contribution in [0.1, 0.15) is 5.56 Å². The van der Waals surface area contributed by atoms with Gasteiger partial charge in [0.2, 0.25) is 0 Å². The Balaban J connectivity index is 2.80. The molecule has 0 fully saturated rings. The summed E-state index contributed by atoms with van der Waals surface area (Å²) in [5.41, 5.74) is 2.09. The second-order valence-electron chi connectivity index (χ2n) is 3.13. The first-order chi connectivity index (χ1) is 6.72. The fourth-order valence-electron chi connectivity index (χ4n) is 1.46. The van der Waals surface area contributed by atoms with Crippen LogP contribution >= 0.6 is 15.9 Å². The molecule has 2 rings (SSSR count). The molecule has 2 nitrogen and oxygen atoms in total. The second kappa shape index (κ2) is 3.58. The van der Waals surface area contributed by atoms with Crippen LogP contribution < -0.4 is 4.74 Å². The monoisotopic (exact) mass is 251 g/mol. The molecule has 1 aromatic heterocycles. The summed E-state index contributed by atoms with van der Waals surface area (Å²) in [6, 6.07) is 5.96. The quantitative estimate of drug-likeness (QED) is 0.776. The summed E-state index contributed by atoms with van der Waals surface area (Å²) in [4.78, 5) is 4.29. The third-order valence-electron chi connectivity index (χ3n) is 2.20. The van der Waals surface area contributed by atoms with Gasteiger partial charge in [0.05, 0.1) is 12.6 Å². The summed E-state index contributed by atoms with van der Waals surface area (Å²) in [6.07, 6.45) is 1.79. The zero-order valence-electron chi connectivity index (χ0n) is 8.04. The Morgan fingerprint density at radius 1 is 1.36 bits per heavy atom. The van der Waals surface area contributed by atoms with Crippen molar-refractivity contribution in [3.8, 4) is 5.75 Å². The van der Waals surface area contributed by atoms with E-state index in [-0.39, 0.29) is 0 Å². The minimum absolute atomic E-state index is 0.895. The number of halogens is 1. The van der Waals surface area contributed by atoms with Gasteiger partial charge in [-0.05, 0) is 30.7 Å². The molecule has 1 aromatic carbocycles. The molecule has 0 aliphatic rings. The van der Waals surface area contributed by atoms with Crippen molar-refractivity contribution in [2.45, 2.75) is 6.92 Å². The lowest BCUT2D eigenvalue weighted by molar-refractivity contribution is 0.412. The van der Waals surface area contributed by atoms with E-state index in [1.54, 1.807) is 13.3 Å². The molecule has 3 heteroatoms. The Kier molecular flexibility index (Phi) is 2.42. The zero-order valence-corrected chi connectivity index (χ0v) is 9.63. The van der Waals surface area contributed by atoms with Crippen LogP contribution in [-0.4, -0.2) is 12.1 Å². The Morgan fingerprint density at radius 3 is 2.86 bits per heavy atom. The number of hydrogen-bond donors (Lipinski definition) is 0. The van der Waals surface area contributed by atoms with Gasteiger partial charge < -0.3 is 4.74 Å². The first-order valence-corrected chi connectivity index (χ1v) is 5.10. The van der Waals surface area contributed by atoms with E-state index >= 15 is 0 Å². The molecule has 0 radical (unpaired) electrons. The van der Waals surface area contributed by atoms with Crippen molar-refractivity contribution >= 4 is 26.8 Å². The lowest BCUT2D eigenvalue weighted by Crippen LogP contribution is -1.88. The predicted molar refractivity (Wildman–Crippen MR) is 60.7 cm³/mol. The van der Waals surface area contributed by atoms with Crippen LogP contribution in [0.2, 0.25) is 0 Å². The number of benzene rings is 1. The fourth-order valence-corrected chi connectivity index (χ4v) is 1.90. The summed E-state index contributed by atoms with van der Waals surface area (Å²) in [5, 5.41) is 1.08. The predicted octanol–water partition coefficient (Wildman–Crippen LogP) is 3.31. The molecule has 0 bridgehead atoms. The summed E-state index contributed by atoms with van der Waals surface area (Å²) < 4.78 is 6.30. The number of aryl methyl sites for hydroxylation is 1. The van der Waals surface area contributed by atoms with Crippen LogP contribution in [0.15, 0.2) is 28.9 Å². The van der Waals surface area contributed by atoms with Gasteiger partial charge in [-0.15, -0.1) is 0 Å². The molecule has 0 saturated heterocycles. The Labute approximate surface area is 91.0 Å². The van der Waals surface area contributed by atoms with Crippen molar-refractivity contribution in [2.24, 2.45) is 0 Å². The van der Waals surface area contributed by atoms with Gasteiger partial charge in [-0.1, -0.05) is 15.9 Å². The minimum atomic E-state index is 0.895. The number of hydrogen-bond acceptors (Lipinski definition) is 2. The second-order valence-corrected chi connectivity index (χ2v) is 3.99. The third kappa shape index (κ3) is 1.48. The van der Waals surface area contributed by atoms with Crippen LogP contribution in [0, 0.1) is 6.92 Å². The van der Waals surface area contributed by atoms with Crippen molar-refractivity contribution in [1.82, 2.24) is 4.98 Å². The number of ether oxygens (including phenoxy) is 1. The molecule has 0 aliphatic heterocycles. The molecular weight excluding hydrogens is 242 g/mol. The highest BCUT2D eigenvalue weighted by atomic mass is 79.9. The van der Waals surface area contributed by atoms with Crippen molar-refractivity contribution in [2.75, 3.05) is 7.11 Å². The largest absolute Gasteiger partial charge is 0.496 e. The average molecular weight is 252 g/mol. The van der Waals surface area contributed by atoms with Gasteiger partial charge in [-0.2, -0.15) is 0 Å². The molecule has 14 heavy (non-hydrogen) atoms. The Morgan fingerprint density at radius 2 is 2.14 bits per heavy atom. The summed E-state index contributed by atoms with van der Waals surface area (Å²) in [5.74, 6) is 0.895. The first kappa shape index (κ1) is 9.46. The Hall–Kier alpha value is -1.09. The molecular formula is C11H10BrNO. The van der Waals surface area contributed by atoms with E-state index in [2.05, 4.69) is 20.9 Å². The van der Waals surface area contributed by atoms with Crippen LogP contribution in [0.5, 0.6) is 5.75 Å². The molecule has 72 valence electrons. The van der Waals surface area contributed by atoms with Crippen LogP contribution in [0.4, 0.5) is 0 Å². The van der Waals surface area contributed by atoms with Crippen LogP contribution in [0.25, 0.3) is 10.9 Å². The third-order valence-corrected chi connectivity index (χ3v) is 2.90. The molecule has 0 aliphatic carbocycles. The lowest BCUT2D eigenvalue weighted by atomic mass is 10.1. The number of rotatable bonds is 1. The lowest BCUT2D eigenvalue weighted by Gasteiger charge is -2.06. The Bertz CT molecular complexity index is 482. The van der Waals surface area contributed by atoms with E-state index in [1.807, 2.05) is 25.1 Å². The molecule has 0 spiro atoms. The van der Waals surface area contributed by atoms with Gasteiger partial charge in [0.25, 0.3) is 0 Å². The number of nitrogens with zero attached hydrogens (tertiary/aromatic N) is 1. The molecule has 0 atom stereocenters. The van der Waals surface area contributed by atoms with E-state index in [9.17, 15) is 0 Å². The topological polar surface area (TPSA) is 22.1 Å². The van der Waals surface area contributed by atoms with E-state index in [1.165, 1.54) is 0 Å². The molecule has 0 saturated carbocycles. The average Bonchev–Trinajstić information content (AvgIpc) is 2.17. The zero-order chi connectivity index (χ0) is 10.1. The molecule has 0 amide bonds. The van der Waals surface area contributed by atoms with Crippen molar-refractivity contribution in [3.63, 3.8) is 0 Å². The van der Waals surface area contributed by atoms with Crippen LogP contribution in [0.3, 0.4) is 0 Å². The molecule has 2 aromatic rings. The van der Waals surface area contributed by atoms with Gasteiger partial charge in [-0.25, -0.2) is 0 Å². The van der Waals surface area contributed by atoms with E-state index in [4.69, 9.17) is 4.74 Å². The van der Waals surface area contributed by atoms with Crippen molar-refractivity contribution in [1.29, 1.82) is 0 Å². The standard InChI is InChI=1S/C11H10BrNO/c1-7-5-10-8(6-11(7)14-2)9(12)3-4-13-10/h3-6H,1-2H3. The van der Waals surface area contributed by atoms with E-state index in [0.29, 0.717) is 0 Å². The maximum absolute atomic E-state index is 5.26. The summed E-state index contributed by atoms with van der Waals surface area (Å²) in [6.45, 7) is 2.01. The smallest absolute Gasteiger partial charge is 0.122 e. The highest BCUT2D eigenvalue weighted by Crippen LogP contribution is 2.28. The van der Waals surface area contributed by atoms with E-state index in [0.717, 1.165) is 26.7 Å². The van der Waals surface area contributed by atoms with Gasteiger partial charge in [-0.3, -0.25) is 4.98 Å². The SMILES string of the molecule is COc1cc2c(Br)ccnc2cc1C. The highest BCUT2D eigenvalue weighted by molar-refractivity contribution is 9.10. The van der Waals surface area contributed by atoms with Gasteiger partial charge in [0.15, 0.2) is 0 Å². The van der Waals surface area contributed by atoms with Crippen LogP contribution in [-0.2, 0) is 0 Å². The van der Waals surface area contributed by atoms with Crippen molar-refractivity contribution in [3.05, 3.63) is 34.4 Å².